The largest absolute Gasteiger partial charge is 0.394 e. The molecule has 0 spiro atoms. The summed E-state index contributed by atoms with van der Waals surface area (Å²) in [5.41, 5.74) is 0. The van der Waals surface area contributed by atoms with Gasteiger partial charge in [-0.3, -0.25) is 4.79 Å². The first kappa shape index (κ1) is 86.7. The van der Waals surface area contributed by atoms with Gasteiger partial charge in [-0.2, -0.15) is 0 Å². The third kappa shape index (κ3) is 38.2. The van der Waals surface area contributed by atoms with Crippen molar-refractivity contribution in [3.63, 3.8) is 0 Å². The minimum atomic E-state index is -1.98. The molecule has 17 atom stereocenters. The Bertz CT molecular complexity index is 1950. The average molecular weight is 1350 g/mol. The van der Waals surface area contributed by atoms with Gasteiger partial charge in [-0.1, -0.05) is 267 Å². The van der Waals surface area contributed by atoms with Crippen LogP contribution in [0, 0.1) is 0 Å². The quantitative estimate of drug-likeness (QED) is 0.0199. The Morgan fingerprint density at radius 1 is 0.379 bits per heavy atom. The zero-order chi connectivity index (χ0) is 68.9. The van der Waals surface area contributed by atoms with Crippen molar-refractivity contribution >= 4 is 5.91 Å². The number of hydrogen-bond acceptors (Lipinski definition) is 18. The Hall–Kier alpha value is -2.51. The third-order valence-electron chi connectivity index (χ3n) is 18.8. The van der Waals surface area contributed by atoms with E-state index in [1.165, 1.54) is 199 Å². The lowest BCUT2D eigenvalue weighted by Gasteiger charge is -2.48. The normalized spacial score (nSPS) is 27.5. The van der Waals surface area contributed by atoms with Gasteiger partial charge in [0.1, 0.15) is 73.2 Å². The van der Waals surface area contributed by atoms with Crippen molar-refractivity contribution in [3.8, 4) is 0 Å². The van der Waals surface area contributed by atoms with Crippen LogP contribution in [0.2, 0.25) is 0 Å². The molecule has 3 rings (SSSR count). The zero-order valence-electron chi connectivity index (χ0n) is 58.9. The van der Waals surface area contributed by atoms with E-state index in [0.717, 1.165) is 51.4 Å². The van der Waals surface area contributed by atoms with E-state index in [1.807, 2.05) is 6.08 Å². The molecule has 95 heavy (non-hydrogen) atoms. The van der Waals surface area contributed by atoms with E-state index in [1.54, 1.807) is 6.08 Å². The lowest BCUT2D eigenvalue weighted by molar-refractivity contribution is -0.379. The Kier molecular flexibility index (Phi) is 52.2. The summed E-state index contributed by atoms with van der Waals surface area (Å²) >= 11 is 0. The number of allylic oxidation sites excluding steroid dienone is 9. The van der Waals surface area contributed by atoms with Crippen LogP contribution in [0.3, 0.4) is 0 Å². The molecule has 3 heterocycles. The van der Waals surface area contributed by atoms with Crippen molar-refractivity contribution < 1.29 is 89.4 Å². The van der Waals surface area contributed by atoms with E-state index in [0.29, 0.717) is 12.8 Å². The Morgan fingerprint density at radius 2 is 0.705 bits per heavy atom. The molecule has 17 unspecified atom stereocenters. The molecule has 0 aromatic rings. The molecule has 19 nitrogen and oxygen atoms in total. The molecule has 0 saturated carbocycles. The van der Waals surface area contributed by atoms with Gasteiger partial charge < -0.3 is 89.9 Å². The van der Waals surface area contributed by atoms with Gasteiger partial charge in [0, 0.05) is 6.42 Å². The number of hydrogen-bond donors (Lipinski definition) is 12. The Balaban J connectivity index is 1.28. The molecule has 3 aliphatic heterocycles. The molecule has 0 aromatic heterocycles. The fourth-order valence-electron chi connectivity index (χ4n) is 12.6. The predicted octanol–water partition coefficient (Wildman–Crippen LogP) is 11.5. The molecular formula is C76H137NO18. The number of unbranched alkanes of at least 4 members (excludes halogenated alkanes) is 35. The number of carbonyl (C=O) groups excluding carboxylic acids is 1. The van der Waals surface area contributed by atoms with Crippen LogP contribution in [-0.2, 0) is 33.2 Å². The van der Waals surface area contributed by atoms with Gasteiger partial charge in [-0.15, -0.1) is 0 Å². The maximum Gasteiger partial charge on any atom is 0.220 e. The Morgan fingerprint density at radius 3 is 1.13 bits per heavy atom. The Labute approximate surface area is 573 Å². The second-order valence-corrected chi connectivity index (χ2v) is 27.1. The standard InChI is InChI=1S/C76H137NO18/c1-3-5-7-9-11-13-15-16-17-18-19-20-21-22-23-24-25-26-27-28-29-30-31-32-33-34-35-36-37-38-39-40-41-42-44-46-48-50-52-54-64(82)77-59(60(81)53-51-49-47-45-43-14-12-10-8-6-4-2)58-90-74-70(88)67(85)72(62(56-79)92-74)95-76-71(89)68(86)73(63(57-80)93-76)94-75-69(87)66(84)65(83)61(55-78)91-75/h15-16,18-19,21-22,43,45,51,53,59-63,65-76,78-81,83-89H,3-14,17,20,23-42,44,46-50,52,54-58H2,1-2H3,(H,77,82)/b16-15-,19-18-,22-21-,45-43+,53-51+. The molecule has 1 amide bonds. The monoisotopic (exact) mass is 1350 g/mol. The summed E-state index contributed by atoms with van der Waals surface area (Å²) in [6.07, 6.45) is 45.4. The second kappa shape index (κ2) is 57.2. The van der Waals surface area contributed by atoms with Gasteiger partial charge in [0.15, 0.2) is 18.9 Å². The summed E-state index contributed by atoms with van der Waals surface area (Å²) in [5, 5.41) is 120. The molecule has 0 bridgehead atoms. The summed E-state index contributed by atoms with van der Waals surface area (Å²) in [7, 11) is 0. The van der Waals surface area contributed by atoms with E-state index in [-0.39, 0.29) is 18.9 Å². The highest BCUT2D eigenvalue weighted by molar-refractivity contribution is 5.76. The molecule has 3 fully saturated rings. The highest BCUT2D eigenvalue weighted by Crippen LogP contribution is 2.33. The van der Waals surface area contributed by atoms with E-state index in [9.17, 15) is 61.0 Å². The van der Waals surface area contributed by atoms with Gasteiger partial charge in [0.2, 0.25) is 5.91 Å². The molecule has 12 N–H and O–H groups in total. The summed E-state index contributed by atoms with van der Waals surface area (Å²) < 4.78 is 34.3. The maximum atomic E-state index is 13.4. The van der Waals surface area contributed by atoms with Crippen molar-refractivity contribution in [2.45, 2.75) is 388 Å². The molecule has 3 aliphatic rings. The average Bonchev–Trinajstić information content (AvgIpc) is 0.787. The fraction of sp³-hybridized carbons (Fsp3) is 0.855. The van der Waals surface area contributed by atoms with Gasteiger partial charge in [-0.05, 0) is 70.6 Å². The number of carbonyl (C=O) groups is 1. The highest BCUT2D eigenvalue weighted by Gasteiger charge is 2.53. The molecular weight excluding hydrogens is 1210 g/mol. The summed E-state index contributed by atoms with van der Waals surface area (Å²) in [4.78, 5) is 13.4. The molecule has 554 valence electrons. The summed E-state index contributed by atoms with van der Waals surface area (Å²) in [6, 6.07) is -0.988. The zero-order valence-corrected chi connectivity index (χ0v) is 58.9. The molecule has 19 heteroatoms. The lowest BCUT2D eigenvalue weighted by atomic mass is 9.96. The first-order valence-electron chi connectivity index (χ1n) is 38.0. The predicted molar refractivity (Wildman–Crippen MR) is 374 cm³/mol. The SMILES string of the molecule is CCCCCCC/C=C\C/C=C\C/C=C\CCCCCCCCCCCCCCCCCCCCCCCCCCC(=O)NC(COC1OC(CO)C(OC2OC(CO)C(OC3OC(CO)C(O)C(O)C3O)C(O)C2O)C(O)C1O)C(O)/C=C/CC/C=C/CCCCCCC. The topological polar surface area (TPSA) is 307 Å². The summed E-state index contributed by atoms with van der Waals surface area (Å²) in [6.45, 7) is 1.68. The summed E-state index contributed by atoms with van der Waals surface area (Å²) in [5.74, 6) is -0.284. The van der Waals surface area contributed by atoms with Gasteiger partial charge in [-0.25, -0.2) is 0 Å². The van der Waals surface area contributed by atoms with Crippen molar-refractivity contribution in [3.05, 3.63) is 60.8 Å². The van der Waals surface area contributed by atoms with E-state index >= 15 is 0 Å². The van der Waals surface area contributed by atoms with Gasteiger partial charge in [0.05, 0.1) is 38.6 Å². The smallest absolute Gasteiger partial charge is 0.220 e. The molecule has 3 saturated heterocycles. The van der Waals surface area contributed by atoms with Crippen LogP contribution in [0.25, 0.3) is 0 Å². The van der Waals surface area contributed by atoms with Crippen molar-refractivity contribution in [2.75, 3.05) is 26.4 Å². The minimum Gasteiger partial charge on any atom is -0.394 e. The van der Waals surface area contributed by atoms with E-state index < -0.39 is 124 Å². The first-order valence-corrected chi connectivity index (χ1v) is 38.0. The number of amides is 1. The van der Waals surface area contributed by atoms with Crippen LogP contribution in [0.4, 0.5) is 0 Å². The number of nitrogens with one attached hydrogen (secondary N) is 1. The number of aliphatic hydroxyl groups excluding tert-OH is 11. The van der Waals surface area contributed by atoms with Crippen LogP contribution in [0.5, 0.6) is 0 Å². The van der Waals surface area contributed by atoms with Crippen LogP contribution < -0.4 is 5.32 Å². The van der Waals surface area contributed by atoms with E-state index in [4.69, 9.17) is 28.4 Å². The third-order valence-corrected chi connectivity index (χ3v) is 18.8. The molecule has 0 aliphatic carbocycles. The fourth-order valence-corrected chi connectivity index (χ4v) is 12.6. The molecule has 0 aromatic carbocycles. The molecule has 0 radical (unpaired) electrons. The lowest BCUT2D eigenvalue weighted by Crippen LogP contribution is -2.66. The maximum absolute atomic E-state index is 13.4. The van der Waals surface area contributed by atoms with Gasteiger partial charge in [0.25, 0.3) is 0 Å². The highest BCUT2D eigenvalue weighted by atomic mass is 16.8. The van der Waals surface area contributed by atoms with Crippen LogP contribution >= 0.6 is 0 Å². The van der Waals surface area contributed by atoms with Crippen molar-refractivity contribution in [1.29, 1.82) is 0 Å². The number of ether oxygens (including phenoxy) is 6. The minimum absolute atomic E-state index is 0.237. The van der Waals surface area contributed by atoms with Crippen molar-refractivity contribution in [2.24, 2.45) is 0 Å². The van der Waals surface area contributed by atoms with Gasteiger partial charge >= 0.3 is 0 Å². The van der Waals surface area contributed by atoms with Crippen molar-refractivity contribution in [1.82, 2.24) is 5.32 Å². The van der Waals surface area contributed by atoms with E-state index in [2.05, 4.69) is 67.8 Å². The van der Waals surface area contributed by atoms with Crippen LogP contribution in [0.1, 0.15) is 284 Å². The second-order valence-electron chi connectivity index (χ2n) is 27.1. The first-order chi connectivity index (χ1) is 46.3. The van der Waals surface area contributed by atoms with Crippen LogP contribution in [-0.4, -0.2) is 193 Å². The number of aliphatic hydroxyl groups is 11. The number of rotatable bonds is 59. The van der Waals surface area contributed by atoms with Crippen LogP contribution in [0.15, 0.2) is 60.8 Å².